The molecule has 0 saturated carbocycles. The van der Waals surface area contributed by atoms with Gasteiger partial charge in [0.1, 0.15) is 11.4 Å². The topological polar surface area (TPSA) is 65.1 Å². The second-order valence-electron chi connectivity index (χ2n) is 6.51. The third-order valence-corrected chi connectivity index (χ3v) is 4.96. The zero-order valence-corrected chi connectivity index (χ0v) is 13.9. The van der Waals surface area contributed by atoms with Crippen LogP contribution in [0.2, 0.25) is 0 Å². The molecular weight excluding hydrogens is 324 g/mol. The average molecular weight is 340 g/mol. The SMILES string of the molecule is O=C1NC(c2ccccc2)c2ccccc2-c2c1[nH]c1ccc(O)cc21. The van der Waals surface area contributed by atoms with Crippen LogP contribution in [0, 0.1) is 0 Å². The van der Waals surface area contributed by atoms with Crippen molar-refractivity contribution in [3.05, 3.63) is 89.6 Å². The lowest BCUT2D eigenvalue weighted by Crippen LogP contribution is -2.28. The van der Waals surface area contributed by atoms with Crippen molar-refractivity contribution < 1.29 is 9.90 Å². The molecule has 1 aliphatic heterocycles. The van der Waals surface area contributed by atoms with Gasteiger partial charge in [-0.25, -0.2) is 0 Å². The molecule has 1 atom stereocenters. The molecule has 26 heavy (non-hydrogen) atoms. The minimum Gasteiger partial charge on any atom is -0.508 e. The monoisotopic (exact) mass is 340 g/mol. The van der Waals surface area contributed by atoms with E-state index in [2.05, 4.69) is 10.3 Å². The van der Waals surface area contributed by atoms with E-state index in [-0.39, 0.29) is 17.7 Å². The Balaban J connectivity index is 1.83. The van der Waals surface area contributed by atoms with Crippen LogP contribution in [-0.2, 0) is 0 Å². The molecule has 4 heteroatoms. The van der Waals surface area contributed by atoms with Gasteiger partial charge >= 0.3 is 0 Å². The van der Waals surface area contributed by atoms with E-state index in [1.54, 1.807) is 18.2 Å². The molecule has 5 rings (SSSR count). The Morgan fingerprint density at radius 2 is 1.65 bits per heavy atom. The van der Waals surface area contributed by atoms with Crippen LogP contribution in [0.4, 0.5) is 0 Å². The van der Waals surface area contributed by atoms with Crippen LogP contribution in [-0.4, -0.2) is 16.0 Å². The van der Waals surface area contributed by atoms with Crippen molar-refractivity contribution in [3.63, 3.8) is 0 Å². The fourth-order valence-corrected chi connectivity index (χ4v) is 3.80. The lowest BCUT2D eigenvalue weighted by molar-refractivity contribution is 0.0941. The van der Waals surface area contributed by atoms with Gasteiger partial charge in [0.05, 0.1) is 6.04 Å². The third-order valence-electron chi connectivity index (χ3n) is 4.96. The van der Waals surface area contributed by atoms with Crippen molar-refractivity contribution in [1.29, 1.82) is 0 Å². The van der Waals surface area contributed by atoms with Gasteiger partial charge in [0.2, 0.25) is 0 Å². The second kappa shape index (κ2) is 5.49. The molecule has 3 aromatic carbocycles. The van der Waals surface area contributed by atoms with Crippen molar-refractivity contribution >= 4 is 16.8 Å². The van der Waals surface area contributed by atoms with Crippen LogP contribution >= 0.6 is 0 Å². The predicted molar refractivity (Wildman–Crippen MR) is 101 cm³/mol. The number of rotatable bonds is 1. The number of carbonyl (C=O) groups excluding carboxylic acids is 1. The standard InChI is InChI=1S/C22H16N2O2/c25-14-10-11-18-17(12-14)19-15-8-4-5-9-16(15)20(13-6-2-1-3-7-13)24-22(26)21(19)23-18/h1-12,20,23,25H,(H,24,26). The van der Waals surface area contributed by atoms with Crippen LogP contribution in [0.3, 0.4) is 0 Å². The summed E-state index contributed by atoms with van der Waals surface area (Å²) in [5.41, 5.74) is 5.25. The third kappa shape index (κ3) is 2.12. The van der Waals surface area contributed by atoms with Crippen LogP contribution in [0.1, 0.15) is 27.7 Å². The lowest BCUT2D eigenvalue weighted by atomic mass is 9.91. The maximum absolute atomic E-state index is 13.0. The first kappa shape index (κ1) is 14.8. The van der Waals surface area contributed by atoms with Crippen LogP contribution in [0.5, 0.6) is 5.75 Å². The largest absolute Gasteiger partial charge is 0.508 e. The first-order valence-electron chi connectivity index (χ1n) is 8.52. The summed E-state index contributed by atoms with van der Waals surface area (Å²) in [7, 11) is 0. The number of phenolic OH excluding ortho intramolecular Hbond substituents is 1. The van der Waals surface area contributed by atoms with Crippen molar-refractivity contribution in [2.45, 2.75) is 6.04 Å². The maximum atomic E-state index is 13.0. The zero-order valence-electron chi connectivity index (χ0n) is 13.9. The predicted octanol–water partition coefficient (Wildman–Crippen LogP) is 4.37. The highest BCUT2D eigenvalue weighted by Gasteiger charge is 2.30. The Morgan fingerprint density at radius 1 is 0.885 bits per heavy atom. The smallest absolute Gasteiger partial charge is 0.269 e. The number of carbonyl (C=O) groups is 1. The Morgan fingerprint density at radius 3 is 2.50 bits per heavy atom. The molecule has 0 fully saturated rings. The molecule has 1 aromatic heterocycles. The van der Waals surface area contributed by atoms with Gasteiger partial charge in [-0.15, -0.1) is 0 Å². The Hall–Kier alpha value is -3.53. The number of amides is 1. The van der Waals surface area contributed by atoms with E-state index in [1.807, 2.05) is 54.6 Å². The van der Waals surface area contributed by atoms with E-state index in [0.29, 0.717) is 5.69 Å². The molecule has 0 saturated heterocycles. The molecule has 1 unspecified atom stereocenters. The van der Waals surface area contributed by atoms with E-state index in [1.165, 1.54) is 0 Å². The number of aromatic amines is 1. The molecule has 1 amide bonds. The van der Waals surface area contributed by atoms with Crippen LogP contribution in [0.15, 0.2) is 72.8 Å². The zero-order chi connectivity index (χ0) is 17.7. The second-order valence-corrected chi connectivity index (χ2v) is 6.51. The highest BCUT2D eigenvalue weighted by Crippen LogP contribution is 2.41. The quantitative estimate of drug-likeness (QED) is 0.482. The number of benzene rings is 3. The molecule has 0 bridgehead atoms. The Kier molecular flexibility index (Phi) is 3.12. The van der Waals surface area contributed by atoms with Crippen molar-refractivity contribution in [1.82, 2.24) is 10.3 Å². The van der Waals surface area contributed by atoms with Gasteiger partial charge in [0.25, 0.3) is 5.91 Å². The molecule has 2 heterocycles. The summed E-state index contributed by atoms with van der Waals surface area (Å²) >= 11 is 0. The fourth-order valence-electron chi connectivity index (χ4n) is 3.80. The first-order chi connectivity index (χ1) is 12.7. The summed E-state index contributed by atoms with van der Waals surface area (Å²) in [6, 6.07) is 22.9. The molecule has 3 N–H and O–H groups in total. The highest BCUT2D eigenvalue weighted by molar-refractivity contribution is 6.11. The summed E-state index contributed by atoms with van der Waals surface area (Å²) < 4.78 is 0. The van der Waals surface area contributed by atoms with Gasteiger partial charge in [-0.1, -0.05) is 54.6 Å². The summed E-state index contributed by atoms with van der Waals surface area (Å²) in [6.45, 7) is 0. The summed E-state index contributed by atoms with van der Waals surface area (Å²) in [4.78, 5) is 16.2. The van der Waals surface area contributed by atoms with Crippen molar-refractivity contribution in [2.75, 3.05) is 0 Å². The minimum absolute atomic E-state index is 0.152. The van der Waals surface area contributed by atoms with Crippen molar-refractivity contribution in [2.24, 2.45) is 0 Å². The number of aromatic nitrogens is 1. The molecular formula is C22H16N2O2. The summed E-state index contributed by atoms with van der Waals surface area (Å²) in [5, 5.41) is 13.9. The van der Waals surface area contributed by atoms with Gasteiger partial charge in [0.15, 0.2) is 0 Å². The number of phenols is 1. The number of aromatic hydroxyl groups is 1. The van der Waals surface area contributed by atoms with Gasteiger partial charge in [-0.05, 0) is 34.9 Å². The summed E-state index contributed by atoms with van der Waals surface area (Å²) in [5.74, 6) is 0.0294. The normalized spacial score (nSPS) is 15.8. The number of H-pyrrole nitrogens is 1. The first-order valence-corrected chi connectivity index (χ1v) is 8.52. The van der Waals surface area contributed by atoms with E-state index >= 15 is 0 Å². The lowest BCUT2D eigenvalue weighted by Gasteiger charge is -2.19. The van der Waals surface area contributed by atoms with Gasteiger partial charge in [-0.3, -0.25) is 4.79 Å². The van der Waals surface area contributed by atoms with E-state index < -0.39 is 0 Å². The number of fused-ring (bicyclic) bond motifs is 5. The maximum Gasteiger partial charge on any atom is 0.269 e. The molecule has 4 nitrogen and oxygen atoms in total. The molecule has 0 aliphatic carbocycles. The molecule has 1 aliphatic rings. The fraction of sp³-hybridized carbons (Fsp3) is 0.0455. The highest BCUT2D eigenvalue weighted by atomic mass is 16.3. The number of hydrogen-bond donors (Lipinski definition) is 3. The number of hydrogen-bond acceptors (Lipinski definition) is 2. The van der Waals surface area contributed by atoms with Crippen LogP contribution < -0.4 is 5.32 Å². The van der Waals surface area contributed by atoms with Gasteiger partial charge in [0, 0.05) is 16.5 Å². The van der Waals surface area contributed by atoms with E-state index in [4.69, 9.17) is 0 Å². The van der Waals surface area contributed by atoms with Crippen LogP contribution in [0.25, 0.3) is 22.0 Å². The van der Waals surface area contributed by atoms with Gasteiger partial charge in [-0.2, -0.15) is 0 Å². The van der Waals surface area contributed by atoms with Crippen molar-refractivity contribution in [3.8, 4) is 16.9 Å². The Labute approximate surface area is 150 Å². The Bertz CT molecular complexity index is 1150. The molecule has 0 spiro atoms. The molecule has 0 radical (unpaired) electrons. The van der Waals surface area contributed by atoms with E-state index in [0.717, 1.165) is 33.2 Å². The number of nitrogens with one attached hydrogen (secondary N) is 2. The van der Waals surface area contributed by atoms with Gasteiger partial charge < -0.3 is 15.4 Å². The average Bonchev–Trinajstić information content (AvgIpc) is 2.99. The molecule has 126 valence electrons. The van der Waals surface area contributed by atoms with E-state index in [9.17, 15) is 9.90 Å². The summed E-state index contributed by atoms with van der Waals surface area (Å²) in [6.07, 6.45) is 0. The minimum atomic E-state index is -0.229. The molecule has 4 aromatic rings.